The van der Waals surface area contributed by atoms with Gasteiger partial charge in [-0.05, 0) is 30.8 Å². The summed E-state index contributed by atoms with van der Waals surface area (Å²) in [5, 5.41) is 4.06. The Balaban J connectivity index is 2.47. The second-order valence-corrected chi connectivity index (χ2v) is 4.45. The summed E-state index contributed by atoms with van der Waals surface area (Å²) in [7, 11) is 1.65. The highest BCUT2D eigenvalue weighted by Crippen LogP contribution is 2.31. The number of hydrogen-bond acceptors (Lipinski definition) is 4. The van der Waals surface area contributed by atoms with Gasteiger partial charge in [-0.15, -0.1) is 0 Å². The molecule has 2 rings (SSSR count). The lowest BCUT2D eigenvalue weighted by atomic mass is 10.0. The van der Waals surface area contributed by atoms with Crippen molar-refractivity contribution in [2.24, 2.45) is 0 Å². The number of aromatic nitrogens is 2. The van der Waals surface area contributed by atoms with Crippen molar-refractivity contribution in [1.29, 1.82) is 0 Å². The maximum absolute atomic E-state index is 6.09. The molecule has 1 unspecified atom stereocenters. The highest BCUT2D eigenvalue weighted by atomic mass is 35.5. The quantitative estimate of drug-likeness (QED) is 0.913. The van der Waals surface area contributed by atoms with Crippen LogP contribution in [0, 0.1) is 0 Å². The smallest absolute Gasteiger partial charge is 0.124 e. The molecular formula is C14H16ClN3O. The summed E-state index contributed by atoms with van der Waals surface area (Å²) >= 11 is 6.09. The third-order valence-electron chi connectivity index (χ3n) is 2.81. The van der Waals surface area contributed by atoms with Crippen LogP contribution in [0.2, 0.25) is 5.02 Å². The number of hydrogen-bond donors (Lipinski definition) is 1. The molecule has 100 valence electrons. The molecule has 0 aliphatic heterocycles. The molecule has 0 aliphatic rings. The van der Waals surface area contributed by atoms with Crippen LogP contribution in [0.4, 0.5) is 0 Å². The first-order chi connectivity index (χ1) is 9.26. The van der Waals surface area contributed by atoms with E-state index in [0.717, 1.165) is 23.6 Å². The molecular weight excluding hydrogens is 262 g/mol. The van der Waals surface area contributed by atoms with E-state index in [4.69, 9.17) is 16.3 Å². The van der Waals surface area contributed by atoms with Crippen molar-refractivity contribution >= 4 is 11.6 Å². The standard InChI is InChI=1S/C14H16ClN3O/c1-3-17-14(12-6-7-16-9-18-12)11-8-10(15)4-5-13(11)19-2/h4-9,14,17H,3H2,1-2H3. The maximum Gasteiger partial charge on any atom is 0.124 e. The van der Waals surface area contributed by atoms with Gasteiger partial charge in [0.05, 0.1) is 18.8 Å². The zero-order chi connectivity index (χ0) is 13.7. The predicted molar refractivity (Wildman–Crippen MR) is 75.6 cm³/mol. The first kappa shape index (κ1) is 13.8. The Labute approximate surface area is 117 Å². The first-order valence-electron chi connectivity index (χ1n) is 6.09. The van der Waals surface area contributed by atoms with E-state index in [-0.39, 0.29) is 6.04 Å². The average molecular weight is 278 g/mol. The lowest BCUT2D eigenvalue weighted by molar-refractivity contribution is 0.404. The van der Waals surface area contributed by atoms with Gasteiger partial charge in [0.25, 0.3) is 0 Å². The Kier molecular flexibility index (Phi) is 4.71. The second-order valence-electron chi connectivity index (χ2n) is 4.01. The van der Waals surface area contributed by atoms with Crippen molar-refractivity contribution in [1.82, 2.24) is 15.3 Å². The molecule has 2 aromatic rings. The van der Waals surface area contributed by atoms with Crippen LogP contribution in [-0.2, 0) is 0 Å². The van der Waals surface area contributed by atoms with Crippen molar-refractivity contribution in [3.8, 4) is 5.75 Å². The van der Waals surface area contributed by atoms with Gasteiger partial charge >= 0.3 is 0 Å². The molecule has 1 aromatic carbocycles. The van der Waals surface area contributed by atoms with Gasteiger partial charge in [0.1, 0.15) is 12.1 Å². The van der Waals surface area contributed by atoms with Crippen LogP contribution in [0.5, 0.6) is 5.75 Å². The molecule has 0 bridgehead atoms. The van der Waals surface area contributed by atoms with Crippen LogP contribution < -0.4 is 10.1 Å². The Morgan fingerprint density at radius 1 is 1.37 bits per heavy atom. The fourth-order valence-electron chi connectivity index (χ4n) is 1.98. The molecule has 0 radical (unpaired) electrons. The zero-order valence-corrected chi connectivity index (χ0v) is 11.7. The molecule has 0 spiro atoms. The van der Waals surface area contributed by atoms with Gasteiger partial charge in [0, 0.05) is 16.8 Å². The summed E-state index contributed by atoms with van der Waals surface area (Å²) in [5.41, 5.74) is 1.85. The highest BCUT2D eigenvalue weighted by Gasteiger charge is 2.18. The molecule has 0 aliphatic carbocycles. The monoisotopic (exact) mass is 277 g/mol. The predicted octanol–water partition coefficient (Wildman–Crippen LogP) is 2.84. The normalized spacial score (nSPS) is 12.2. The Morgan fingerprint density at radius 3 is 2.84 bits per heavy atom. The average Bonchev–Trinajstić information content (AvgIpc) is 2.45. The molecule has 5 heteroatoms. The molecule has 1 heterocycles. The van der Waals surface area contributed by atoms with E-state index < -0.39 is 0 Å². The third-order valence-corrected chi connectivity index (χ3v) is 3.05. The van der Waals surface area contributed by atoms with Gasteiger partial charge in [-0.2, -0.15) is 0 Å². The first-order valence-corrected chi connectivity index (χ1v) is 6.46. The van der Waals surface area contributed by atoms with Gasteiger partial charge < -0.3 is 10.1 Å². The van der Waals surface area contributed by atoms with Gasteiger partial charge in [0.2, 0.25) is 0 Å². The number of halogens is 1. The van der Waals surface area contributed by atoms with Crippen LogP contribution in [0.3, 0.4) is 0 Å². The summed E-state index contributed by atoms with van der Waals surface area (Å²) < 4.78 is 5.41. The molecule has 1 atom stereocenters. The zero-order valence-electron chi connectivity index (χ0n) is 10.9. The number of methoxy groups -OCH3 is 1. The molecule has 1 aromatic heterocycles. The van der Waals surface area contributed by atoms with Crippen molar-refractivity contribution in [2.45, 2.75) is 13.0 Å². The van der Waals surface area contributed by atoms with E-state index in [1.807, 2.05) is 31.2 Å². The molecule has 0 saturated carbocycles. The van der Waals surface area contributed by atoms with Crippen molar-refractivity contribution in [3.63, 3.8) is 0 Å². The van der Waals surface area contributed by atoms with Crippen LogP contribution in [0.1, 0.15) is 24.2 Å². The minimum absolute atomic E-state index is 0.0679. The maximum atomic E-state index is 6.09. The molecule has 19 heavy (non-hydrogen) atoms. The Hall–Kier alpha value is -1.65. The summed E-state index contributed by atoms with van der Waals surface area (Å²) in [5.74, 6) is 0.786. The van der Waals surface area contributed by atoms with Crippen LogP contribution >= 0.6 is 11.6 Å². The van der Waals surface area contributed by atoms with Crippen LogP contribution in [-0.4, -0.2) is 23.6 Å². The fraction of sp³-hybridized carbons (Fsp3) is 0.286. The van der Waals surface area contributed by atoms with Crippen molar-refractivity contribution in [2.75, 3.05) is 13.7 Å². The molecule has 0 saturated heterocycles. The van der Waals surface area contributed by atoms with E-state index in [0.29, 0.717) is 5.02 Å². The van der Waals surface area contributed by atoms with Gasteiger partial charge in [-0.1, -0.05) is 18.5 Å². The number of benzene rings is 1. The van der Waals surface area contributed by atoms with E-state index in [1.165, 1.54) is 6.33 Å². The van der Waals surface area contributed by atoms with E-state index >= 15 is 0 Å². The van der Waals surface area contributed by atoms with E-state index in [9.17, 15) is 0 Å². The number of nitrogens with one attached hydrogen (secondary N) is 1. The van der Waals surface area contributed by atoms with Crippen molar-refractivity contribution < 1.29 is 4.74 Å². The summed E-state index contributed by atoms with van der Waals surface area (Å²) in [6.45, 7) is 2.86. The summed E-state index contributed by atoms with van der Waals surface area (Å²) in [6.07, 6.45) is 3.26. The minimum atomic E-state index is -0.0679. The second kappa shape index (κ2) is 6.50. The summed E-state index contributed by atoms with van der Waals surface area (Å²) in [6, 6.07) is 7.39. The van der Waals surface area contributed by atoms with Crippen LogP contribution in [0.15, 0.2) is 36.8 Å². The molecule has 4 nitrogen and oxygen atoms in total. The largest absolute Gasteiger partial charge is 0.496 e. The highest BCUT2D eigenvalue weighted by molar-refractivity contribution is 6.30. The fourth-order valence-corrected chi connectivity index (χ4v) is 2.16. The number of ether oxygens (including phenoxy) is 1. The van der Waals surface area contributed by atoms with Gasteiger partial charge in [0.15, 0.2) is 0 Å². The van der Waals surface area contributed by atoms with Crippen LogP contribution in [0.25, 0.3) is 0 Å². The number of rotatable bonds is 5. The third kappa shape index (κ3) is 3.22. The van der Waals surface area contributed by atoms with Gasteiger partial charge in [-0.3, -0.25) is 0 Å². The molecule has 0 fully saturated rings. The molecule has 1 N–H and O–H groups in total. The summed E-state index contributed by atoms with van der Waals surface area (Å²) in [4.78, 5) is 8.25. The van der Waals surface area contributed by atoms with E-state index in [2.05, 4.69) is 15.3 Å². The minimum Gasteiger partial charge on any atom is -0.496 e. The lowest BCUT2D eigenvalue weighted by Crippen LogP contribution is -2.23. The molecule has 0 amide bonds. The SMILES string of the molecule is CCNC(c1ccncn1)c1cc(Cl)ccc1OC. The van der Waals surface area contributed by atoms with Crippen molar-refractivity contribution in [3.05, 3.63) is 53.1 Å². The van der Waals surface area contributed by atoms with E-state index in [1.54, 1.807) is 13.3 Å². The Morgan fingerprint density at radius 2 is 2.21 bits per heavy atom. The van der Waals surface area contributed by atoms with Gasteiger partial charge in [-0.25, -0.2) is 9.97 Å². The topological polar surface area (TPSA) is 47.0 Å². The lowest BCUT2D eigenvalue weighted by Gasteiger charge is -2.20. The Bertz CT molecular complexity index is 533. The number of nitrogens with zero attached hydrogens (tertiary/aromatic N) is 2.